The van der Waals surface area contributed by atoms with E-state index >= 15 is 0 Å². The van der Waals surface area contributed by atoms with E-state index in [0.29, 0.717) is 60.3 Å². The van der Waals surface area contributed by atoms with Gasteiger partial charge in [-0.3, -0.25) is 10.1 Å². The van der Waals surface area contributed by atoms with E-state index in [4.69, 9.17) is 14.8 Å². The van der Waals surface area contributed by atoms with Gasteiger partial charge < -0.3 is 10.0 Å². The van der Waals surface area contributed by atoms with E-state index in [1.807, 2.05) is 54.3 Å². The third-order valence-electron chi connectivity index (χ3n) is 13.0. The summed E-state index contributed by atoms with van der Waals surface area (Å²) in [6.45, 7) is 10.8. The van der Waals surface area contributed by atoms with E-state index in [1.54, 1.807) is 12.4 Å². The monoisotopic (exact) mass is 832 g/mol. The summed E-state index contributed by atoms with van der Waals surface area (Å²) in [6, 6.07) is 13.3. The molecule has 1 aliphatic heterocycles. The van der Waals surface area contributed by atoms with Gasteiger partial charge in [0.15, 0.2) is 16.5 Å². The molecule has 4 aromatic heterocycles. The van der Waals surface area contributed by atoms with Crippen LogP contribution in [0.25, 0.3) is 21.5 Å². The minimum atomic E-state index is -1.10. The molecule has 5 aliphatic rings. The van der Waals surface area contributed by atoms with Gasteiger partial charge in [0.05, 0.1) is 10.9 Å². The summed E-state index contributed by atoms with van der Waals surface area (Å²) in [4.78, 5) is 42.1. The van der Waals surface area contributed by atoms with Crippen LogP contribution < -0.4 is 15.5 Å². The molecule has 4 bridgehead atoms. The summed E-state index contributed by atoms with van der Waals surface area (Å²) in [5.74, 6) is -0.809. The molecule has 2 atom stereocenters. The Kier molecular flexibility index (Phi) is 10.4. The average molecular weight is 833 g/mol. The van der Waals surface area contributed by atoms with Crippen LogP contribution in [0.1, 0.15) is 96.5 Å². The van der Waals surface area contributed by atoms with E-state index in [9.17, 15) is 19.3 Å². The van der Waals surface area contributed by atoms with E-state index < -0.39 is 5.97 Å². The molecule has 2 unspecified atom stereocenters. The van der Waals surface area contributed by atoms with Crippen LogP contribution in [0.15, 0.2) is 54.9 Å². The van der Waals surface area contributed by atoms with E-state index in [-0.39, 0.29) is 41.4 Å². The second-order valence-corrected chi connectivity index (χ2v) is 19.6. The molecule has 1 amide bonds. The third-order valence-corrected chi connectivity index (χ3v) is 14.3. The topological polar surface area (TPSA) is 164 Å². The van der Waals surface area contributed by atoms with Crippen molar-refractivity contribution in [1.82, 2.24) is 30.0 Å². The maximum atomic E-state index is 13.6. The quantitative estimate of drug-likeness (QED) is 0.0775. The Morgan fingerprint density at radius 2 is 1.83 bits per heavy atom. The van der Waals surface area contributed by atoms with Gasteiger partial charge in [0.1, 0.15) is 5.82 Å². The number of rotatable bonds is 13. The van der Waals surface area contributed by atoms with Crippen LogP contribution in [0.5, 0.6) is 0 Å². The number of pyridine rings is 2. The van der Waals surface area contributed by atoms with E-state index in [1.165, 1.54) is 17.8 Å². The summed E-state index contributed by atoms with van der Waals surface area (Å²) in [6.07, 6.45) is 11.3. The van der Waals surface area contributed by atoms with Crippen LogP contribution in [0.2, 0.25) is 0 Å². The number of hydrogen-bond acceptors (Lipinski definition) is 11. The molecule has 4 aliphatic carbocycles. The zero-order valence-electron chi connectivity index (χ0n) is 33.7. The van der Waals surface area contributed by atoms with Crippen LogP contribution in [-0.4, -0.2) is 73.6 Å². The molecule has 1 aromatic carbocycles. The molecule has 15 heteroatoms. The van der Waals surface area contributed by atoms with Gasteiger partial charge in [-0.05, 0) is 54.8 Å². The first-order chi connectivity index (χ1) is 28.4. The average Bonchev–Trinajstić information content (AvgIpc) is 3.76. The summed E-state index contributed by atoms with van der Waals surface area (Å²) in [5.41, 5.74) is 8.29. The summed E-state index contributed by atoms with van der Waals surface area (Å²) in [5, 5.41) is 22.3. The minimum absolute atomic E-state index is 0.0144. The predicted molar refractivity (Wildman–Crippen MR) is 228 cm³/mol. The van der Waals surface area contributed by atoms with Crippen molar-refractivity contribution in [2.75, 3.05) is 36.5 Å². The Morgan fingerprint density at radius 3 is 2.61 bits per heavy atom. The fraction of sp³-hybridized carbons (Fsp3) is 0.477. The SMILES string of the molecule is Cc1c(-c2ccc(N3CCc4cccc(C(=O)Nc5nc6ncccc6s5)c4C3)nc2C(=O)O)cnn1CC12CC3(C)CC(C)(C1)CC(OCCNCCC#P=O)(C3)C2. The van der Waals surface area contributed by atoms with Gasteiger partial charge in [-0.2, -0.15) is 10.1 Å². The van der Waals surface area contributed by atoms with Crippen LogP contribution in [0.3, 0.4) is 0 Å². The first-order valence-electron chi connectivity index (χ1n) is 20.4. The summed E-state index contributed by atoms with van der Waals surface area (Å²) < 4.78 is 20.5. The molecule has 3 N–H and O–H groups in total. The number of amides is 1. The number of carbonyl (C=O) groups excluding carboxylic acids is 1. The number of hydrogen-bond donors (Lipinski definition) is 3. The van der Waals surface area contributed by atoms with Gasteiger partial charge in [0.25, 0.3) is 5.91 Å². The van der Waals surface area contributed by atoms with Gasteiger partial charge in [-0.15, -0.1) is 0 Å². The van der Waals surface area contributed by atoms with Crippen molar-refractivity contribution in [2.24, 2.45) is 16.2 Å². The molecule has 0 spiro atoms. The second-order valence-electron chi connectivity index (χ2n) is 18.0. The zero-order valence-corrected chi connectivity index (χ0v) is 35.4. The van der Waals surface area contributed by atoms with Gasteiger partial charge in [0, 0.05) is 41.7 Å². The molecule has 13 nitrogen and oxygen atoms in total. The molecule has 0 radical (unpaired) electrons. The second kappa shape index (κ2) is 15.4. The van der Waals surface area contributed by atoms with Crippen molar-refractivity contribution in [2.45, 2.75) is 90.8 Å². The van der Waals surface area contributed by atoms with Crippen molar-refractivity contribution in [1.29, 1.82) is 0 Å². The summed E-state index contributed by atoms with van der Waals surface area (Å²) in [7, 11) is -0.0504. The van der Waals surface area contributed by atoms with Crippen molar-refractivity contribution in [3.8, 4) is 16.8 Å². The Balaban J connectivity index is 0.931. The van der Waals surface area contributed by atoms with Gasteiger partial charge in [0.2, 0.25) is 0 Å². The van der Waals surface area contributed by atoms with Gasteiger partial charge >= 0.3 is 146 Å². The first-order valence-corrected chi connectivity index (χ1v) is 22.1. The number of anilines is 2. The molecule has 306 valence electrons. The van der Waals surface area contributed by atoms with Crippen molar-refractivity contribution < 1.29 is 24.0 Å². The number of carboxylic acids is 1. The number of thiazole rings is 1. The molecule has 4 saturated carbocycles. The number of ether oxygens (including phenoxy) is 1. The van der Waals surface area contributed by atoms with Crippen molar-refractivity contribution >= 4 is 52.4 Å². The fourth-order valence-corrected chi connectivity index (χ4v) is 13.0. The normalized spacial score (nSPS) is 25.5. The maximum absolute atomic E-state index is 13.6. The number of carboxylic acid groups (broad SMARTS) is 1. The summed E-state index contributed by atoms with van der Waals surface area (Å²) >= 11 is 1.38. The van der Waals surface area contributed by atoms with Crippen molar-refractivity contribution in [3.63, 3.8) is 0 Å². The van der Waals surface area contributed by atoms with Crippen molar-refractivity contribution in [3.05, 3.63) is 82.9 Å². The Labute approximate surface area is 348 Å². The van der Waals surface area contributed by atoms with Gasteiger partial charge in [-0.25, -0.2) is 14.8 Å². The zero-order chi connectivity index (χ0) is 41.0. The fourth-order valence-electron chi connectivity index (χ4n) is 12.0. The molecule has 10 rings (SSSR count). The Morgan fingerprint density at radius 1 is 1.00 bits per heavy atom. The number of aromatic nitrogens is 5. The van der Waals surface area contributed by atoms with Crippen LogP contribution in [-0.2, 0) is 28.8 Å². The molecule has 0 saturated heterocycles. The third kappa shape index (κ3) is 7.77. The Hall–Kier alpha value is -4.71. The van der Waals surface area contributed by atoms with Crippen LogP contribution >= 0.6 is 19.3 Å². The molecular formula is C44H49N8O5PS. The molecule has 5 aromatic rings. The molecule has 5 heterocycles. The molecular weight excluding hydrogens is 784 g/mol. The van der Waals surface area contributed by atoms with E-state index in [0.717, 1.165) is 78.8 Å². The standard InChI is InChI=1S/C44H49N8O5PS/c1-28-32(19-47-52(28)27-43-22-41(2)21-42(3,23-43)25-44(24-41,26-43)57-17-15-45-13-6-18-58-56)30-10-11-35(48-36(30)39(54)55)51-16-12-29-7-4-8-31(33(29)20-51)38(53)50-40-49-37-34(59-40)9-5-14-46-37/h4-5,7-11,14,19,45H,6,12-13,15-17,20-27H2,1-3H3,(H,54,55)(H,46,49,50,53). The molecule has 4 fully saturated rings. The number of fused-ring (bicyclic) bond motifs is 2. The van der Waals surface area contributed by atoms with Crippen LogP contribution in [0, 0.1) is 28.8 Å². The Bertz CT molecular complexity index is 2540. The number of nitrogens with one attached hydrogen (secondary N) is 2. The predicted octanol–water partition coefficient (Wildman–Crippen LogP) is 8.14. The number of aromatic carboxylic acids is 1. The first kappa shape index (κ1) is 39.7. The number of nitrogens with zero attached hydrogens (tertiary/aromatic N) is 6. The van der Waals surface area contributed by atoms with Crippen LogP contribution in [0.4, 0.5) is 10.9 Å². The number of benzene rings is 1. The number of carbonyl (C=O) groups is 2. The van der Waals surface area contributed by atoms with E-state index in [2.05, 4.69) is 44.8 Å². The van der Waals surface area contributed by atoms with Gasteiger partial charge in [-0.1, -0.05) is 23.5 Å². The molecule has 59 heavy (non-hydrogen) atoms.